The molecule has 2 N–H and O–H groups in total. The van der Waals surface area contributed by atoms with Crippen molar-refractivity contribution in [1.29, 1.82) is 0 Å². The Morgan fingerprint density at radius 2 is 1.46 bits per heavy atom. The zero-order valence-corrected chi connectivity index (χ0v) is 23.0. The van der Waals surface area contributed by atoms with E-state index in [9.17, 15) is 4.79 Å². The predicted molar refractivity (Wildman–Crippen MR) is 162 cm³/mol. The number of nitrogens with one attached hydrogen (secondary N) is 2. The van der Waals surface area contributed by atoms with Crippen LogP contribution in [-0.2, 0) is 0 Å². The lowest BCUT2D eigenvalue weighted by Gasteiger charge is -2.47. The Morgan fingerprint density at radius 1 is 0.732 bits per heavy atom. The van der Waals surface area contributed by atoms with Crippen molar-refractivity contribution >= 4 is 34.3 Å². The molecule has 2 aromatic carbocycles. The van der Waals surface area contributed by atoms with E-state index in [1.807, 2.05) is 83.8 Å². The molecule has 1 amide bonds. The fraction of sp³-hybridized carbons (Fsp3) is 0.273. The number of hydrogen-bond acceptors (Lipinski definition) is 6. The zero-order chi connectivity index (χ0) is 27.6. The van der Waals surface area contributed by atoms with Gasteiger partial charge in [0.05, 0.1) is 11.0 Å². The van der Waals surface area contributed by atoms with E-state index in [1.54, 1.807) is 0 Å². The van der Waals surface area contributed by atoms with Gasteiger partial charge in [0.2, 0.25) is 0 Å². The number of H-pyrrole nitrogens is 1. The van der Waals surface area contributed by atoms with Gasteiger partial charge in [0.1, 0.15) is 23.0 Å². The molecule has 2 aliphatic heterocycles. The summed E-state index contributed by atoms with van der Waals surface area (Å²) in [5.41, 5.74) is 4.56. The summed E-state index contributed by atoms with van der Waals surface area (Å²) in [6.45, 7) is 3.49. The first kappa shape index (κ1) is 25.3. The number of piperidine rings is 2. The molecule has 0 saturated carbocycles. The van der Waals surface area contributed by atoms with Crippen LogP contribution in [0.25, 0.3) is 22.6 Å². The second kappa shape index (κ2) is 10.7. The number of rotatable bonds is 5. The number of pyridine rings is 2. The van der Waals surface area contributed by atoms with Gasteiger partial charge in [-0.1, -0.05) is 42.5 Å². The van der Waals surface area contributed by atoms with Crippen molar-refractivity contribution in [3.63, 3.8) is 0 Å². The Balaban J connectivity index is 0.965. The second-order valence-electron chi connectivity index (χ2n) is 11.2. The number of fused-ring (bicyclic) bond motifs is 1. The first-order chi connectivity index (χ1) is 20.1. The van der Waals surface area contributed by atoms with Gasteiger partial charge in [0, 0.05) is 31.9 Å². The smallest absolute Gasteiger partial charge is 0.272 e. The summed E-state index contributed by atoms with van der Waals surface area (Å²) in [7, 11) is 0. The van der Waals surface area contributed by atoms with Gasteiger partial charge in [-0.3, -0.25) is 4.79 Å². The molecule has 7 rings (SSSR count). The molecule has 0 atom stereocenters. The minimum Gasteiger partial charge on any atom is -0.357 e. The quantitative estimate of drug-likeness (QED) is 0.271. The molecule has 8 heteroatoms. The number of aromatic amines is 1. The third kappa shape index (κ3) is 5.25. The highest BCUT2D eigenvalue weighted by Crippen LogP contribution is 2.42. The van der Waals surface area contributed by atoms with Gasteiger partial charge in [0.15, 0.2) is 5.82 Å². The number of carbonyl (C=O) groups excluding carboxylic acids is 1. The van der Waals surface area contributed by atoms with Crippen LogP contribution in [0.15, 0.2) is 91.0 Å². The standard InChI is InChI=1S/C33H33N7O/c41-32(28-13-6-14-29(35-28)34-24-8-2-1-3-9-24)40-22-18-33(19-23-40)16-20-39(21-17-33)30-15-7-12-27(36-30)31-37-25-10-4-5-11-26(25)38-31/h1-15H,16-23H2,(H,34,35)(H,37,38). The van der Waals surface area contributed by atoms with E-state index in [-0.39, 0.29) is 11.3 Å². The van der Waals surface area contributed by atoms with E-state index in [1.165, 1.54) is 0 Å². The molecule has 0 aliphatic carbocycles. The number of likely N-dealkylation sites (tertiary alicyclic amines) is 1. The van der Waals surface area contributed by atoms with Crippen LogP contribution in [0.3, 0.4) is 0 Å². The molecule has 8 nitrogen and oxygen atoms in total. The molecular weight excluding hydrogens is 510 g/mol. The van der Waals surface area contributed by atoms with Crippen LogP contribution in [0.1, 0.15) is 36.2 Å². The summed E-state index contributed by atoms with van der Waals surface area (Å²) in [5.74, 6) is 2.50. The molecule has 5 heterocycles. The highest BCUT2D eigenvalue weighted by atomic mass is 16.2. The fourth-order valence-electron chi connectivity index (χ4n) is 6.15. The van der Waals surface area contributed by atoms with Crippen LogP contribution in [0.4, 0.5) is 17.3 Å². The number of para-hydroxylation sites is 3. The number of imidazole rings is 1. The molecule has 2 fully saturated rings. The number of hydrogen-bond donors (Lipinski definition) is 2. The average Bonchev–Trinajstić information content (AvgIpc) is 3.47. The topological polar surface area (TPSA) is 90.0 Å². The maximum Gasteiger partial charge on any atom is 0.272 e. The minimum atomic E-state index is 0.0144. The van der Waals surface area contributed by atoms with E-state index in [2.05, 4.69) is 32.3 Å². The summed E-state index contributed by atoms with van der Waals surface area (Å²) in [6, 6.07) is 29.7. The molecule has 2 saturated heterocycles. The van der Waals surface area contributed by atoms with Crippen molar-refractivity contribution in [3.05, 3.63) is 96.7 Å². The van der Waals surface area contributed by atoms with Crippen molar-refractivity contribution in [2.75, 3.05) is 36.4 Å². The molecule has 2 aliphatic rings. The first-order valence-corrected chi connectivity index (χ1v) is 14.4. The maximum absolute atomic E-state index is 13.3. The highest BCUT2D eigenvalue weighted by Gasteiger charge is 2.39. The number of benzene rings is 2. The fourth-order valence-corrected chi connectivity index (χ4v) is 6.15. The molecule has 206 valence electrons. The van der Waals surface area contributed by atoms with Gasteiger partial charge in [-0.2, -0.15) is 0 Å². The lowest BCUT2D eigenvalue weighted by molar-refractivity contribution is 0.0509. The van der Waals surface area contributed by atoms with Crippen molar-refractivity contribution in [1.82, 2.24) is 24.8 Å². The Labute approximate surface area is 239 Å². The summed E-state index contributed by atoms with van der Waals surface area (Å²) in [4.78, 5) is 35.4. The van der Waals surface area contributed by atoms with Crippen LogP contribution < -0.4 is 10.2 Å². The average molecular weight is 544 g/mol. The Hall–Kier alpha value is -4.72. The lowest BCUT2D eigenvalue weighted by atomic mass is 9.71. The lowest BCUT2D eigenvalue weighted by Crippen LogP contribution is -2.48. The molecule has 3 aromatic heterocycles. The molecule has 0 bridgehead atoms. The first-order valence-electron chi connectivity index (χ1n) is 14.4. The van der Waals surface area contributed by atoms with Gasteiger partial charge >= 0.3 is 0 Å². The Morgan fingerprint density at radius 3 is 2.27 bits per heavy atom. The van der Waals surface area contributed by atoms with Crippen LogP contribution in [0.2, 0.25) is 0 Å². The summed E-state index contributed by atoms with van der Waals surface area (Å²) in [5, 5.41) is 3.29. The molecule has 0 radical (unpaired) electrons. The van der Waals surface area contributed by atoms with Crippen LogP contribution in [0.5, 0.6) is 0 Å². The van der Waals surface area contributed by atoms with Crippen molar-refractivity contribution < 1.29 is 4.79 Å². The number of aromatic nitrogens is 4. The van der Waals surface area contributed by atoms with Crippen molar-refractivity contribution in [3.8, 4) is 11.5 Å². The second-order valence-corrected chi connectivity index (χ2v) is 11.2. The van der Waals surface area contributed by atoms with E-state index in [4.69, 9.17) is 9.97 Å². The van der Waals surface area contributed by atoms with E-state index < -0.39 is 0 Å². The summed E-state index contributed by atoms with van der Waals surface area (Å²) >= 11 is 0. The SMILES string of the molecule is O=C(c1cccc(Nc2ccccc2)n1)N1CCC2(CC1)CCN(c1cccc(-c3nc4ccccc4[nH]3)n1)CC2. The number of amides is 1. The van der Waals surface area contributed by atoms with Gasteiger partial charge in [-0.05, 0) is 79.6 Å². The number of anilines is 3. The van der Waals surface area contributed by atoms with Crippen LogP contribution in [0, 0.1) is 5.41 Å². The van der Waals surface area contributed by atoms with Crippen molar-refractivity contribution in [2.24, 2.45) is 5.41 Å². The van der Waals surface area contributed by atoms with E-state index >= 15 is 0 Å². The van der Waals surface area contributed by atoms with Gasteiger partial charge in [0.25, 0.3) is 5.91 Å². The van der Waals surface area contributed by atoms with E-state index in [0.717, 1.165) is 85.9 Å². The molecule has 41 heavy (non-hydrogen) atoms. The predicted octanol–water partition coefficient (Wildman–Crippen LogP) is 6.29. The third-order valence-electron chi connectivity index (χ3n) is 8.64. The van der Waals surface area contributed by atoms with Gasteiger partial charge in [-0.25, -0.2) is 15.0 Å². The summed E-state index contributed by atoms with van der Waals surface area (Å²) < 4.78 is 0. The third-order valence-corrected chi connectivity index (χ3v) is 8.64. The maximum atomic E-state index is 13.3. The van der Waals surface area contributed by atoms with Crippen LogP contribution in [-0.4, -0.2) is 56.9 Å². The normalized spacial score (nSPS) is 16.7. The largest absolute Gasteiger partial charge is 0.357 e. The molecule has 5 aromatic rings. The van der Waals surface area contributed by atoms with Gasteiger partial charge < -0.3 is 20.1 Å². The highest BCUT2D eigenvalue weighted by molar-refractivity contribution is 5.92. The molecular formula is C33H33N7O. The summed E-state index contributed by atoms with van der Waals surface area (Å²) in [6.07, 6.45) is 4.28. The van der Waals surface area contributed by atoms with E-state index in [0.29, 0.717) is 11.5 Å². The molecule has 0 unspecified atom stereocenters. The number of carbonyl (C=O) groups is 1. The number of nitrogens with zero attached hydrogens (tertiary/aromatic N) is 5. The van der Waals surface area contributed by atoms with Crippen molar-refractivity contribution in [2.45, 2.75) is 25.7 Å². The Kier molecular flexibility index (Phi) is 6.59. The Bertz CT molecular complexity index is 1630. The minimum absolute atomic E-state index is 0.0144. The zero-order valence-electron chi connectivity index (χ0n) is 23.0. The monoisotopic (exact) mass is 543 g/mol. The van der Waals surface area contributed by atoms with Crippen LogP contribution >= 0.6 is 0 Å². The van der Waals surface area contributed by atoms with Gasteiger partial charge in [-0.15, -0.1) is 0 Å². The molecule has 1 spiro atoms.